The second kappa shape index (κ2) is 7.83. The molecule has 1 atom stereocenters. The SMILES string of the molecule is O=C(Nc1cc(C2=CCN(C(=O)NC(C3CC3)C(F)(F)F)CC2)c2cc[nH]c2n1)C1CC1. The zero-order valence-corrected chi connectivity index (χ0v) is 17.3. The zero-order chi connectivity index (χ0) is 22.5. The molecular formula is C22H24F3N5O2. The predicted octanol–water partition coefficient (Wildman–Crippen LogP) is 4.05. The lowest BCUT2D eigenvalue weighted by Gasteiger charge is -2.30. The maximum atomic E-state index is 13.2. The smallest absolute Gasteiger partial charge is 0.346 e. The highest BCUT2D eigenvalue weighted by Gasteiger charge is 2.50. The van der Waals surface area contributed by atoms with Gasteiger partial charge in [-0.15, -0.1) is 0 Å². The second-order valence-corrected chi connectivity index (χ2v) is 8.79. The van der Waals surface area contributed by atoms with E-state index in [0.29, 0.717) is 37.3 Å². The van der Waals surface area contributed by atoms with E-state index in [1.165, 1.54) is 4.90 Å². The molecule has 2 saturated carbocycles. The normalized spacial score (nSPS) is 20.1. The molecule has 2 fully saturated rings. The van der Waals surface area contributed by atoms with E-state index in [1.54, 1.807) is 6.20 Å². The van der Waals surface area contributed by atoms with E-state index < -0.39 is 24.2 Å². The monoisotopic (exact) mass is 447 g/mol. The average Bonchev–Trinajstić information content (AvgIpc) is 3.68. The van der Waals surface area contributed by atoms with Crippen LogP contribution in [-0.4, -0.2) is 52.1 Å². The van der Waals surface area contributed by atoms with E-state index in [0.717, 1.165) is 29.4 Å². The van der Waals surface area contributed by atoms with Gasteiger partial charge in [0, 0.05) is 30.6 Å². The Morgan fingerprint density at radius 3 is 2.62 bits per heavy atom. The number of urea groups is 1. The molecule has 0 saturated heterocycles. The van der Waals surface area contributed by atoms with Crippen molar-refractivity contribution < 1.29 is 22.8 Å². The van der Waals surface area contributed by atoms with Crippen molar-refractivity contribution in [1.82, 2.24) is 20.2 Å². The largest absolute Gasteiger partial charge is 0.408 e. The van der Waals surface area contributed by atoms with Gasteiger partial charge in [0.05, 0.1) is 0 Å². The van der Waals surface area contributed by atoms with E-state index in [-0.39, 0.29) is 18.4 Å². The minimum atomic E-state index is -4.44. The summed E-state index contributed by atoms with van der Waals surface area (Å²) >= 11 is 0. The average molecular weight is 447 g/mol. The second-order valence-electron chi connectivity index (χ2n) is 8.79. The Balaban J connectivity index is 1.31. The van der Waals surface area contributed by atoms with Gasteiger partial charge < -0.3 is 20.5 Å². The van der Waals surface area contributed by atoms with Gasteiger partial charge in [-0.3, -0.25) is 4.79 Å². The van der Waals surface area contributed by atoms with E-state index in [4.69, 9.17) is 0 Å². The molecule has 1 unspecified atom stereocenters. The molecule has 0 aromatic carbocycles. The van der Waals surface area contributed by atoms with Crippen molar-refractivity contribution in [2.45, 2.75) is 44.3 Å². The Morgan fingerprint density at radius 2 is 2.00 bits per heavy atom. The molecule has 3 N–H and O–H groups in total. The summed E-state index contributed by atoms with van der Waals surface area (Å²) in [4.78, 5) is 33.6. The van der Waals surface area contributed by atoms with Crippen molar-refractivity contribution in [3.63, 3.8) is 0 Å². The number of H-pyrrole nitrogens is 1. The number of nitrogens with one attached hydrogen (secondary N) is 3. The van der Waals surface area contributed by atoms with Crippen molar-refractivity contribution in [3.05, 3.63) is 30.0 Å². The van der Waals surface area contributed by atoms with Crippen LogP contribution in [-0.2, 0) is 4.79 Å². The first-order valence-electron chi connectivity index (χ1n) is 10.9. The minimum Gasteiger partial charge on any atom is -0.346 e. The molecule has 0 radical (unpaired) electrons. The predicted molar refractivity (Wildman–Crippen MR) is 113 cm³/mol. The third-order valence-electron chi connectivity index (χ3n) is 6.30. The number of carbonyl (C=O) groups excluding carboxylic acids is 2. The number of fused-ring (bicyclic) bond motifs is 1. The van der Waals surface area contributed by atoms with E-state index >= 15 is 0 Å². The number of nitrogens with zero attached hydrogens (tertiary/aromatic N) is 2. The van der Waals surface area contributed by atoms with Crippen LogP contribution >= 0.6 is 0 Å². The van der Waals surface area contributed by atoms with Gasteiger partial charge in [0.1, 0.15) is 17.5 Å². The molecule has 3 heterocycles. The molecule has 7 nitrogen and oxygen atoms in total. The lowest BCUT2D eigenvalue weighted by atomic mass is 9.97. The highest BCUT2D eigenvalue weighted by molar-refractivity contribution is 5.97. The summed E-state index contributed by atoms with van der Waals surface area (Å²) in [6.45, 7) is 0.527. The number of amides is 3. The number of hydrogen-bond donors (Lipinski definition) is 3. The number of hydrogen-bond acceptors (Lipinski definition) is 3. The van der Waals surface area contributed by atoms with E-state index in [2.05, 4.69) is 20.6 Å². The van der Waals surface area contributed by atoms with Gasteiger partial charge in [-0.1, -0.05) is 6.08 Å². The summed E-state index contributed by atoms with van der Waals surface area (Å²) in [7, 11) is 0. The molecule has 0 spiro atoms. The van der Waals surface area contributed by atoms with Crippen LogP contribution in [0.2, 0.25) is 0 Å². The summed E-state index contributed by atoms with van der Waals surface area (Å²) in [5.41, 5.74) is 2.51. The van der Waals surface area contributed by atoms with Gasteiger partial charge in [0.25, 0.3) is 0 Å². The van der Waals surface area contributed by atoms with Crippen molar-refractivity contribution in [2.75, 3.05) is 18.4 Å². The summed E-state index contributed by atoms with van der Waals surface area (Å²) in [6.07, 6.45) is 2.44. The topological polar surface area (TPSA) is 90.1 Å². The van der Waals surface area contributed by atoms with Crippen molar-refractivity contribution >= 4 is 34.4 Å². The molecule has 2 aromatic heterocycles. The Labute approximate surface area is 182 Å². The van der Waals surface area contributed by atoms with Crippen molar-refractivity contribution in [1.29, 1.82) is 0 Å². The number of carbonyl (C=O) groups is 2. The fraction of sp³-hybridized carbons (Fsp3) is 0.500. The number of rotatable bonds is 5. The van der Waals surface area contributed by atoms with Crippen molar-refractivity contribution in [2.24, 2.45) is 11.8 Å². The van der Waals surface area contributed by atoms with Crippen LogP contribution in [0.3, 0.4) is 0 Å². The number of pyridine rings is 1. The van der Waals surface area contributed by atoms with Crippen LogP contribution in [0.1, 0.15) is 37.7 Å². The molecule has 2 aliphatic carbocycles. The fourth-order valence-corrected chi connectivity index (χ4v) is 4.16. The quantitative estimate of drug-likeness (QED) is 0.646. The van der Waals surface area contributed by atoms with Gasteiger partial charge in [0.15, 0.2) is 0 Å². The molecule has 2 aromatic rings. The summed E-state index contributed by atoms with van der Waals surface area (Å²) < 4.78 is 39.7. The van der Waals surface area contributed by atoms with Gasteiger partial charge in [-0.2, -0.15) is 13.2 Å². The van der Waals surface area contributed by atoms with Crippen molar-refractivity contribution in [3.8, 4) is 0 Å². The van der Waals surface area contributed by atoms with Crippen LogP contribution in [0.25, 0.3) is 16.6 Å². The van der Waals surface area contributed by atoms with Crippen LogP contribution in [0.5, 0.6) is 0 Å². The third kappa shape index (κ3) is 4.31. The van der Waals surface area contributed by atoms with Gasteiger partial charge in [0.2, 0.25) is 5.91 Å². The van der Waals surface area contributed by atoms with Gasteiger partial charge >= 0.3 is 12.2 Å². The summed E-state index contributed by atoms with van der Waals surface area (Å²) in [6, 6.07) is 1.25. The van der Waals surface area contributed by atoms with Crippen LogP contribution in [0.15, 0.2) is 24.4 Å². The number of halogens is 3. The third-order valence-corrected chi connectivity index (χ3v) is 6.30. The van der Waals surface area contributed by atoms with Crippen LogP contribution in [0, 0.1) is 11.8 Å². The standard InChI is InChI=1S/C22H24F3N5O2/c23-22(24,25)18(13-1-2-13)29-21(32)30-9-6-12(7-10-30)16-11-17(28-20(31)14-3-4-14)27-19-15(16)5-8-26-19/h5-6,8,11,13-14,18H,1-4,7,9-10H2,(H,29,32)(H2,26,27,28,31). The Hall–Kier alpha value is -3.04. The van der Waals surface area contributed by atoms with Crippen LogP contribution < -0.4 is 10.6 Å². The molecular weight excluding hydrogens is 423 g/mol. The molecule has 3 amide bonds. The molecule has 1 aliphatic heterocycles. The first-order valence-corrected chi connectivity index (χ1v) is 10.9. The molecule has 10 heteroatoms. The van der Waals surface area contributed by atoms with Gasteiger partial charge in [-0.05, 0) is 61.3 Å². The van der Waals surface area contributed by atoms with E-state index in [1.807, 2.05) is 18.2 Å². The Morgan fingerprint density at radius 1 is 1.22 bits per heavy atom. The minimum absolute atomic E-state index is 0.0373. The highest BCUT2D eigenvalue weighted by atomic mass is 19.4. The molecule has 170 valence electrons. The number of anilines is 1. The lowest BCUT2D eigenvalue weighted by Crippen LogP contribution is -2.52. The maximum absolute atomic E-state index is 13.2. The highest BCUT2D eigenvalue weighted by Crippen LogP contribution is 2.40. The first-order chi connectivity index (χ1) is 15.3. The Kier molecular flexibility index (Phi) is 5.10. The molecule has 5 rings (SSSR count). The molecule has 32 heavy (non-hydrogen) atoms. The summed E-state index contributed by atoms with van der Waals surface area (Å²) in [5.74, 6) is -0.0374. The first kappa shape index (κ1) is 20.8. The fourth-order valence-electron chi connectivity index (χ4n) is 4.16. The zero-order valence-electron chi connectivity index (χ0n) is 17.3. The van der Waals surface area contributed by atoms with Crippen LogP contribution in [0.4, 0.5) is 23.8 Å². The summed E-state index contributed by atoms with van der Waals surface area (Å²) in [5, 5.41) is 5.95. The molecule has 0 bridgehead atoms. The lowest BCUT2D eigenvalue weighted by molar-refractivity contribution is -0.158. The Bertz CT molecular complexity index is 1080. The number of aromatic amines is 1. The van der Waals surface area contributed by atoms with E-state index in [9.17, 15) is 22.8 Å². The maximum Gasteiger partial charge on any atom is 0.408 e. The number of aromatic nitrogens is 2. The van der Waals surface area contributed by atoms with Gasteiger partial charge in [-0.25, -0.2) is 9.78 Å². The molecule has 3 aliphatic rings. The number of alkyl halides is 3.